The minimum atomic E-state index is -0.0868. The van der Waals surface area contributed by atoms with Gasteiger partial charge in [-0.15, -0.1) is 6.42 Å². The summed E-state index contributed by atoms with van der Waals surface area (Å²) >= 11 is 0. The fourth-order valence-electron chi connectivity index (χ4n) is 0.960. The highest BCUT2D eigenvalue weighted by Gasteiger charge is 2.02. The third-order valence-electron chi connectivity index (χ3n) is 1.49. The van der Waals surface area contributed by atoms with Crippen LogP contribution in [0.3, 0.4) is 0 Å². The van der Waals surface area contributed by atoms with Crippen molar-refractivity contribution in [2.45, 2.75) is 45.7 Å². The van der Waals surface area contributed by atoms with Crippen molar-refractivity contribution in [1.82, 2.24) is 5.32 Å². The van der Waals surface area contributed by atoms with E-state index in [1.54, 1.807) is 0 Å². The van der Waals surface area contributed by atoms with Crippen molar-refractivity contribution in [3.05, 3.63) is 0 Å². The topological polar surface area (TPSA) is 50.4 Å². The molecule has 1 atom stereocenters. The molecule has 0 aromatic rings. The Morgan fingerprint density at radius 2 is 2.23 bits per heavy atom. The number of nitrogens with one attached hydrogen (secondary N) is 1. The molecule has 0 saturated carbocycles. The van der Waals surface area contributed by atoms with E-state index in [0.29, 0.717) is 12.0 Å². The zero-order valence-electron chi connectivity index (χ0n) is 8.67. The Labute approximate surface area is 80.8 Å². The molecule has 0 aromatic heterocycles. The number of terminal acetylenes is 1. The molecule has 0 bridgehead atoms. The second kappa shape index (κ2) is 6.36. The number of hydrogen-bond acceptors (Lipinski definition) is 1. The van der Waals surface area contributed by atoms with Crippen LogP contribution in [0.2, 0.25) is 0 Å². The Morgan fingerprint density at radius 3 is 2.62 bits per heavy atom. The maximum Gasteiger partial charge on any atom is 0.190 e. The first-order chi connectivity index (χ1) is 6.10. The average Bonchev–Trinajstić information content (AvgIpc) is 2.02. The lowest BCUT2D eigenvalue weighted by Crippen LogP contribution is -2.37. The molecule has 74 valence electrons. The van der Waals surface area contributed by atoms with Crippen molar-refractivity contribution in [2.24, 2.45) is 10.7 Å². The molecule has 0 aromatic carbocycles. The van der Waals surface area contributed by atoms with Gasteiger partial charge in [0.15, 0.2) is 5.96 Å². The number of guanidine groups is 1. The van der Waals surface area contributed by atoms with Gasteiger partial charge in [0.05, 0.1) is 0 Å². The lowest BCUT2D eigenvalue weighted by Gasteiger charge is -2.10. The van der Waals surface area contributed by atoms with Gasteiger partial charge in [0.25, 0.3) is 0 Å². The molecule has 13 heavy (non-hydrogen) atoms. The monoisotopic (exact) mass is 181 g/mol. The molecular formula is C10H19N3. The van der Waals surface area contributed by atoms with Gasteiger partial charge in [-0.1, -0.05) is 19.3 Å². The van der Waals surface area contributed by atoms with E-state index in [1.165, 1.54) is 0 Å². The predicted octanol–water partition coefficient (Wildman–Crippen LogP) is 1.10. The molecule has 0 aliphatic heterocycles. The van der Waals surface area contributed by atoms with Gasteiger partial charge >= 0.3 is 0 Å². The van der Waals surface area contributed by atoms with Crippen molar-refractivity contribution >= 4 is 5.96 Å². The summed E-state index contributed by atoms with van der Waals surface area (Å²) in [7, 11) is 0. The second-order valence-electron chi connectivity index (χ2n) is 3.28. The summed E-state index contributed by atoms with van der Waals surface area (Å²) in [5, 5.41) is 3.00. The fraction of sp³-hybridized carbons (Fsp3) is 0.700. The molecule has 3 N–H and O–H groups in total. The molecule has 0 fully saturated rings. The van der Waals surface area contributed by atoms with E-state index in [2.05, 4.69) is 23.2 Å². The van der Waals surface area contributed by atoms with Crippen molar-refractivity contribution in [3.8, 4) is 12.3 Å². The highest BCUT2D eigenvalue weighted by atomic mass is 15.1. The van der Waals surface area contributed by atoms with E-state index in [-0.39, 0.29) is 6.04 Å². The molecule has 0 spiro atoms. The molecule has 3 nitrogen and oxygen atoms in total. The van der Waals surface area contributed by atoms with Gasteiger partial charge in [-0.2, -0.15) is 0 Å². The Bertz CT molecular complexity index is 201. The molecule has 0 amide bonds. The molecule has 0 aliphatic carbocycles. The van der Waals surface area contributed by atoms with Crippen LogP contribution in [0.1, 0.15) is 33.6 Å². The number of nitrogens with zero attached hydrogens (tertiary/aromatic N) is 1. The SMILES string of the molecule is C#CC(CCC)N=C(N)NC(C)C. The van der Waals surface area contributed by atoms with Crippen LogP contribution in [0.5, 0.6) is 0 Å². The number of aliphatic imine (C=N–C) groups is 1. The lowest BCUT2D eigenvalue weighted by molar-refractivity contribution is 0.691. The maximum absolute atomic E-state index is 5.62. The van der Waals surface area contributed by atoms with Crippen molar-refractivity contribution in [1.29, 1.82) is 0 Å². The Balaban J connectivity index is 4.09. The standard InChI is InChI=1S/C10H19N3/c1-5-7-9(6-2)13-10(11)12-8(3)4/h2,8-9H,5,7H2,1,3-4H3,(H3,11,12,13). The average molecular weight is 181 g/mol. The molecule has 0 aliphatic rings. The van der Waals surface area contributed by atoms with Crippen LogP contribution in [0.4, 0.5) is 0 Å². The summed E-state index contributed by atoms with van der Waals surface area (Å²) in [5.74, 6) is 3.04. The zero-order valence-corrected chi connectivity index (χ0v) is 8.67. The summed E-state index contributed by atoms with van der Waals surface area (Å²) in [6, 6.07) is 0.208. The van der Waals surface area contributed by atoms with Crippen LogP contribution in [0, 0.1) is 12.3 Å². The quantitative estimate of drug-likeness (QED) is 0.387. The van der Waals surface area contributed by atoms with Crippen LogP contribution in [-0.4, -0.2) is 18.0 Å². The number of hydrogen-bond donors (Lipinski definition) is 2. The zero-order chi connectivity index (χ0) is 10.3. The molecule has 1 unspecified atom stereocenters. The molecule has 0 heterocycles. The summed E-state index contributed by atoms with van der Waals surface area (Å²) < 4.78 is 0. The number of nitrogens with two attached hydrogens (primary N) is 1. The predicted molar refractivity (Wildman–Crippen MR) is 57.4 cm³/mol. The van der Waals surface area contributed by atoms with Crippen LogP contribution < -0.4 is 11.1 Å². The first-order valence-electron chi connectivity index (χ1n) is 4.66. The minimum absolute atomic E-state index is 0.0868. The van der Waals surface area contributed by atoms with E-state index in [1.807, 2.05) is 13.8 Å². The van der Waals surface area contributed by atoms with Crippen LogP contribution in [-0.2, 0) is 0 Å². The lowest BCUT2D eigenvalue weighted by atomic mass is 10.2. The normalized spacial score (nSPS) is 13.9. The largest absolute Gasteiger partial charge is 0.370 e. The van der Waals surface area contributed by atoms with E-state index in [4.69, 9.17) is 12.2 Å². The van der Waals surface area contributed by atoms with E-state index in [9.17, 15) is 0 Å². The van der Waals surface area contributed by atoms with Gasteiger partial charge in [-0.05, 0) is 20.3 Å². The van der Waals surface area contributed by atoms with E-state index >= 15 is 0 Å². The van der Waals surface area contributed by atoms with Gasteiger partial charge < -0.3 is 11.1 Å². The summed E-state index contributed by atoms with van der Waals surface area (Å²) in [4.78, 5) is 4.17. The van der Waals surface area contributed by atoms with Crippen molar-refractivity contribution < 1.29 is 0 Å². The maximum atomic E-state index is 5.62. The van der Waals surface area contributed by atoms with Crippen molar-refractivity contribution in [2.75, 3.05) is 0 Å². The van der Waals surface area contributed by atoms with Crippen LogP contribution >= 0.6 is 0 Å². The molecule has 0 radical (unpaired) electrons. The molecule has 0 rings (SSSR count). The van der Waals surface area contributed by atoms with Gasteiger partial charge in [0.1, 0.15) is 6.04 Å². The third kappa shape index (κ3) is 6.03. The highest BCUT2D eigenvalue weighted by Crippen LogP contribution is 1.99. The van der Waals surface area contributed by atoms with Crippen LogP contribution in [0.25, 0.3) is 0 Å². The third-order valence-corrected chi connectivity index (χ3v) is 1.49. The first-order valence-corrected chi connectivity index (χ1v) is 4.66. The Hall–Kier alpha value is -1.17. The highest BCUT2D eigenvalue weighted by molar-refractivity contribution is 5.78. The minimum Gasteiger partial charge on any atom is -0.370 e. The summed E-state index contributed by atoms with van der Waals surface area (Å²) in [6.45, 7) is 6.09. The van der Waals surface area contributed by atoms with Gasteiger partial charge in [0.2, 0.25) is 0 Å². The summed E-state index contributed by atoms with van der Waals surface area (Å²) in [6.07, 6.45) is 7.20. The number of rotatable bonds is 4. The van der Waals surface area contributed by atoms with Crippen LogP contribution in [0.15, 0.2) is 4.99 Å². The first kappa shape index (κ1) is 11.8. The second-order valence-corrected chi connectivity index (χ2v) is 3.28. The van der Waals surface area contributed by atoms with Gasteiger partial charge in [-0.25, -0.2) is 4.99 Å². The van der Waals surface area contributed by atoms with Gasteiger partial charge in [-0.3, -0.25) is 0 Å². The molecule has 0 saturated heterocycles. The molecule has 3 heteroatoms. The Morgan fingerprint density at radius 1 is 1.62 bits per heavy atom. The molecular weight excluding hydrogens is 162 g/mol. The fourth-order valence-corrected chi connectivity index (χ4v) is 0.960. The smallest absolute Gasteiger partial charge is 0.190 e. The summed E-state index contributed by atoms with van der Waals surface area (Å²) in [5.41, 5.74) is 5.62. The van der Waals surface area contributed by atoms with E-state index in [0.717, 1.165) is 12.8 Å². The van der Waals surface area contributed by atoms with Gasteiger partial charge in [0, 0.05) is 6.04 Å². The van der Waals surface area contributed by atoms with Crippen molar-refractivity contribution in [3.63, 3.8) is 0 Å². The Kier molecular flexibility index (Phi) is 5.79. The van der Waals surface area contributed by atoms with E-state index < -0.39 is 0 Å².